The zero-order valence-corrected chi connectivity index (χ0v) is 17.3. The lowest BCUT2D eigenvalue weighted by Gasteiger charge is -2.35. The highest BCUT2D eigenvalue weighted by atomic mass is 16.6. The molecule has 0 aliphatic carbocycles. The Balaban J connectivity index is 1.41. The average molecular weight is 422 g/mol. The van der Waals surface area contributed by atoms with Crippen LogP contribution in [0.5, 0.6) is 0 Å². The lowest BCUT2D eigenvalue weighted by Crippen LogP contribution is -2.49. The molecule has 0 radical (unpaired) electrons. The second-order valence-corrected chi connectivity index (χ2v) is 7.26. The SMILES string of the molecule is CCc1nc(-c2ccc(N3CCN(C(=O)c4cccc([N+](=O)[O-])c4C)CC3)nc2)no1. The summed E-state index contributed by atoms with van der Waals surface area (Å²) in [5, 5.41) is 15.1. The molecule has 0 spiro atoms. The van der Waals surface area contributed by atoms with Gasteiger partial charge in [0.05, 0.1) is 4.92 Å². The third-order valence-electron chi connectivity index (χ3n) is 5.40. The van der Waals surface area contributed by atoms with Crippen molar-refractivity contribution in [1.29, 1.82) is 0 Å². The Morgan fingerprint density at radius 2 is 1.97 bits per heavy atom. The van der Waals surface area contributed by atoms with Gasteiger partial charge in [-0.25, -0.2) is 4.98 Å². The van der Waals surface area contributed by atoms with Crippen LogP contribution in [-0.2, 0) is 6.42 Å². The molecule has 3 aromatic rings. The highest BCUT2D eigenvalue weighted by Crippen LogP contribution is 2.24. The van der Waals surface area contributed by atoms with Crippen LogP contribution in [0.25, 0.3) is 11.4 Å². The van der Waals surface area contributed by atoms with Gasteiger partial charge in [-0.1, -0.05) is 18.1 Å². The van der Waals surface area contributed by atoms with Crippen LogP contribution in [0.15, 0.2) is 41.1 Å². The minimum atomic E-state index is -0.461. The van der Waals surface area contributed by atoms with Crippen LogP contribution in [0.3, 0.4) is 0 Å². The van der Waals surface area contributed by atoms with Gasteiger partial charge in [0.1, 0.15) is 5.82 Å². The summed E-state index contributed by atoms with van der Waals surface area (Å²) in [4.78, 5) is 36.3. The second-order valence-electron chi connectivity index (χ2n) is 7.26. The fraction of sp³-hybridized carbons (Fsp3) is 0.333. The molecule has 1 aliphatic rings. The number of rotatable bonds is 5. The molecule has 4 rings (SSSR count). The number of nitro benzene ring substituents is 1. The number of amides is 1. The number of pyridine rings is 1. The van der Waals surface area contributed by atoms with E-state index >= 15 is 0 Å². The van der Waals surface area contributed by atoms with Gasteiger partial charge in [0.25, 0.3) is 11.6 Å². The molecule has 1 fully saturated rings. The number of benzene rings is 1. The Morgan fingerprint density at radius 1 is 1.19 bits per heavy atom. The van der Waals surface area contributed by atoms with Gasteiger partial charge in [0.2, 0.25) is 11.7 Å². The Hall–Kier alpha value is -3.82. The van der Waals surface area contributed by atoms with Crippen LogP contribution in [-0.4, -0.2) is 57.0 Å². The van der Waals surface area contributed by atoms with Crippen molar-refractivity contribution < 1.29 is 14.2 Å². The van der Waals surface area contributed by atoms with Crippen molar-refractivity contribution in [3.63, 3.8) is 0 Å². The smallest absolute Gasteiger partial charge is 0.273 e. The standard InChI is InChI=1S/C21H22N6O4/c1-3-19-23-20(24-31-19)15-7-8-18(22-13-15)25-9-11-26(12-10-25)21(28)16-5-4-6-17(14(16)2)27(29)30/h4-8,13H,3,9-12H2,1-2H3. The summed E-state index contributed by atoms with van der Waals surface area (Å²) in [6, 6.07) is 8.40. The van der Waals surface area contributed by atoms with Crippen LogP contribution in [0.1, 0.15) is 28.7 Å². The number of hydrogen-bond donors (Lipinski definition) is 0. The van der Waals surface area contributed by atoms with Crippen LogP contribution in [0.2, 0.25) is 0 Å². The lowest BCUT2D eigenvalue weighted by atomic mass is 10.1. The van der Waals surface area contributed by atoms with Crippen molar-refractivity contribution in [2.45, 2.75) is 20.3 Å². The van der Waals surface area contributed by atoms with E-state index < -0.39 is 4.92 Å². The quantitative estimate of drug-likeness (QED) is 0.455. The maximum absolute atomic E-state index is 12.9. The van der Waals surface area contributed by atoms with Crippen LogP contribution in [0, 0.1) is 17.0 Å². The maximum Gasteiger partial charge on any atom is 0.273 e. The first-order valence-corrected chi connectivity index (χ1v) is 10.0. The third kappa shape index (κ3) is 4.09. The number of nitrogens with zero attached hydrogens (tertiary/aromatic N) is 6. The molecule has 1 amide bonds. The summed E-state index contributed by atoms with van der Waals surface area (Å²) in [6.07, 6.45) is 2.39. The van der Waals surface area contributed by atoms with Crippen molar-refractivity contribution in [3.8, 4) is 11.4 Å². The summed E-state index contributed by atoms with van der Waals surface area (Å²) in [5.74, 6) is 1.71. The Morgan fingerprint density at radius 3 is 2.58 bits per heavy atom. The van der Waals surface area contributed by atoms with Crippen molar-refractivity contribution in [1.82, 2.24) is 20.0 Å². The number of aromatic nitrogens is 3. The average Bonchev–Trinajstić information content (AvgIpc) is 3.28. The van der Waals surface area contributed by atoms with E-state index in [1.165, 1.54) is 6.07 Å². The maximum atomic E-state index is 12.9. The summed E-state index contributed by atoms with van der Waals surface area (Å²) in [7, 11) is 0. The monoisotopic (exact) mass is 422 g/mol. The molecule has 10 nitrogen and oxygen atoms in total. The summed E-state index contributed by atoms with van der Waals surface area (Å²) in [5.41, 5.74) is 1.50. The lowest BCUT2D eigenvalue weighted by molar-refractivity contribution is -0.385. The molecule has 0 unspecified atom stereocenters. The predicted octanol–water partition coefficient (Wildman–Crippen LogP) is 2.87. The minimum absolute atomic E-state index is 0.0403. The van der Waals surface area contributed by atoms with Crippen LogP contribution in [0.4, 0.5) is 11.5 Å². The first kappa shape index (κ1) is 20.5. The zero-order chi connectivity index (χ0) is 22.0. The highest BCUT2D eigenvalue weighted by molar-refractivity contribution is 5.96. The number of anilines is 1. The van der Waals surface area contributed by atoms with E-state index in [1.54, 1.807) is 30.2 Å². The van der Waals surface area contributed by atoms with E-state index in [-0.39, 0.29) is 11.6 Å². The fourth-order valence-corrected chi connectivity index (χ4v) is 3.58. The number of hydrogen-bond acceptors (Lipinski definition) is 8. The van der Waals surface area contributed by atoms with Crippen molar-refractivity contribution in [2.24, 2.45) is 0 Å². The summed E-state index contributed by atoms with van der Waals surface area (Å²) >= 11 is 0. The molecule has 160 valence electrons. The Labute approximate surface area is 178 Å². The third-order valence-corrected chi connectivity index (χ3v) is 5.40. The van der Waals surface area contributed by atoms with Gasteiger partial charge in [-0.15, -0.1) is 0 Å². The van der Waals surface area contributed by atoms with E-state index in [0.29, 0.717) is 55.4 Å². The number of nitro groups is 1. The van der Waals surface area contributed by atoms with Gasteiger partial charge in [-0.05, 0) is 25.1 Å². The summed E-state index contributed by atoms with van der Waals surface area (Å²) < 4.78 is 5.14. The minimum Gasteiger partial charge on any atom is -0.353 e. The van der Waals surface area contributed by atoms with Gasteiger partial charge in [0, 0.05) is 61.6 Å². The van der Waals surface area contributed by atoms with Crippen LogP contribution >= 0.6 is 0 Å². The number of piperazine rings is 1. The van der Waals surface area contributed by atoms with E-state index in [0.717, 1.165) is 11.4 Å². The normalized spacial score (nSPS) is 14.0. The van der Waals surface area contributed by atoms with Gasteiger partial charge in [-0.3, -0.25) is 14.9 Å². The molecule has 0 saturated carbocycles. The topological polar surface area (TPSA) is 118 Å². The molecular formula is C21H22N6O4. The molecule has 1 aliphatic heterocycles. The van der Waals surface area contributed by atoms with Crippen molar-refractivity contribution in [2.75, 3.05) is 31.1 Å². The van der Waals surface area contributed by atoms with Gasteiger partial charge in [0.15, 0.2) is 0 Å². The van der Waals surface area contributed by atoms with Gasteiger partial charge in [-0.2, -0.15) is 4.98 Å². The van der Waals surface area contributed by atoms with Crippen LogP contribution < -0.4 is 4.90 Å². The molecule has 10 heteroatoms. The van der Waals surface area contributed by atoms with Crippen molar-refractivity contribution >= 4 is 17.4 Å². The molecule has 3 heterocycles. The number of aryl methyl sites for hydroxylation is 1. The molecule has 0 atom stereocenters. The molecule has 0 N–H and O–H groups in total. The van der Waals surface area contributed by atoms with E-state index in [9.17, 15) is 14.9 Å². The van der Waals surface area contributed by atoms with E-state index in [2.05, 4.69) is 20.0 Å². The van der Waals surface area contributed by atoms with Gasteiger partial charge >= 0.3 is 0 Å². The number of carbonyl (C=O) groups excluding carboxylic acids is 1. The van der Waals surface area contributed by atoms with Crippen molar-refractivity contribution in [3.05, 3.63) is 63.7 Å². The predicted molar refractivity (Wildman–Crippen MR) is 113 cm³/mol. The molecule has 2 aromatic heterocycles. The molecule has 31 heavy (non-hydrogen) atoms. The Kier molecular flexibility index (Phi) is 5.61. The van der Waals surface area contributed by atoms with E-state index in [4.69, 9.17) is 4.52 Å². The molecule has 1 saturated heterocycles. The van der Waals surface area contributed by atoms with E-state index in [1.807, 2.05) is 19.1 Å². The summed E-state index contributed by atoms with van der Waals surface area (Å²) in [6.45, 7) is 5.82. The number of carbonyl (C=O) groups is 1. The highest BCUT2D eigenvalue weighted by Gasteiger charge is 2.26. The zero-order valence-electron chi connectivity index (χ0n) is 17.3. The van der Waals surface area contributed by atoms with Gasteiger partial charge < -0.3 is 14.3 Å². The Bertz CT molecular complexity index is 1100. The second kappa shape index (κ2) is 8.50. The molecular weight excluding hydrogens is 400 g/mol. The molecule has 0 bridgehead atoms. The largest absolute Gasteiger partial charge is 0.353 e. The first-order valence-electron chi connectivity index (χ1n) is 10.0. The molecule has 1 aromatic carbocycles. The first-order chi connectivity index (χ1) is 15.0. The fourth-order valence-electron chi connectivity index (χ4n) is 3.58.